The molecule has 3 heteroatoms. The molecule has 102 valence electrons. The van der Waals surface area contributed by atoms with Gasteiger partial charge in [-0.1, -0.05) is 24.3 Å². The van der Waals surface area contributed by atoms with Gasteiger partial charge in [0.25, 0.3) is 0 Å². The second-order valence-electron chi connectivity index (χ2n) is 6.31. The molecule has 0 aromatic heterocycles. The maximum absolute atomic E-state index is 10.4. The first-order chi connectivity index (χ1) is 9.31. The Hall–Kier alpha value is -0.900. The van der Waals surface area contributed by atoms with Crippen molar-refractivity contribution in [2.24, 2.45) is 0 Å². The number of likely N-dealkylation sites (tertiary alicyclic amines) is 1. The molecule has 1 saturated carbocycles. The molecule has 1 N–H and O–H groups in total. The summed E-state index contributed by atoms with van der Waals surface area (Å²) in [6.45, 7) is 4.05. The molecule has 1 saturated heterocycles. The van der Waals surface area contributed by atoms with Crippen molar-refractivity contribution >= 4 is 0 Å². The summed E-state index contributed by atoms with van der Waals surface area (Å²) in [5.41, 5.74) is 2.94. The Morgan fingerprint density at radius 2 is 1.79 bits per heavy atom. The minimum absolute atomic E-state index is 0.161. The van der Waals surface area contributed by atoms with Crippen LogP contribution in [0.5, 0.6) is 0 Å². The van der Waals surface area contributed by atoms with Gasteiger partial charge in [0.1, 0.15) is 0 Å². The van der Waals surface area contributed by atoms with Gasteiger partial charge < -0.3 is 5.11 Å². The third-order valence-electron chi connectivity index (χ3n) is 4.98. The third kappa shape index (κ3) is 2.20. The van der Waals surface area contributed by atoms with Crippen molar-refractivity contribution in [1.29, 1.82) is 0 Å². The minimum atomic E-state index is -0.161. The Labute approximate surface area is 114 Å². The zero-order valence-corrected chi connectivity index (χ0v) is 11.3. The number of β-amino-alcohol motifs (C(OH)–C–C–N with tert-alkyl or cyclic N) is 1. The normalized spacial score (nSPS) is 32.5. The Bertz CT molecular complexity index is 472. The summed E-state index contributed by atoms with van der Waals surface area (Å²) in [4.78, 5) is 4.99. The van der Waals surface area contributed by atoms with Crippen LogP contribution in [0.25, 0.3) is 0 Å². The Balaban J connectivity index is 1.48. The quantitative estimate of drug-likeness (QED) is 0.865. The molecule has 3 nitrogen and oxygen atoms in total. The third-order valence-corrected chi connectivity index (χ3v) is 4.98. The monoisotopic (exact) mass is 258 g/mol. The number of fused-ring (bicyclic) bond motifs is 1. The summed E-state index contributed by atoms with van der Waals surface area (Å²) in [5.74, 6) is 0. The van der Waals surface area contributed by atoms with Gasteiger partial charge in [-0.25, -0.2) is 0 Å². The van der Waals surface area contributed by atoms with Crippen molar-refractivity contribution in [3.8, 4) is 0 Å². The molecule has 4 rings (SSSR count). The highest BCUT2D eigenvalue weighted by molar-refractivity contribution is 5.29. The van der Waals surface area contributed by atoms with E-state index in [4.69, 9.17) is 0 Å². The van der Waals surface area contributed by atoms with E-state index < -0.39 is 0 Å². The van der Waals surface area contributed by atoms with Gasteiger partial charge >= 0.3 is 0 Å². The van der Waals surface area contributed by atoms with E-state index in [0.29, 0.717) is 6.04 Å². The van der Waals surface area contributed by atoms with Gasteiger partial charge in [0.15, 0.2) is 0 Å². The van der Waals surface area contributed by atoms with Crippen molar-refractivity contribution < 1.29 is 5.11 Å². The van der Waals surface area contributed by atoms with E-state index in [2.05, 4.69) is 34.1 Å². The number of hydrogen-bond donors (Lipinski definition) is 1. The second kappa shape index (κ2) is 4.58. The van der Waals surface area contributed by atoms with Crippen LogP contribution in [0, 0.1) is 0 Å². The fraction of sp³-hybridized carbons (Fsp3) is 0.625. The molecule has 0 radical (unpaired) electrons. The van der Waals surface area contributed by atoms with Crippen molar-refractivity contribution in [1.82, 2.24) is 9.80 Å². The van der Waals surface area contributed by atoms with Crippen LogP contribution in [0.3, 0.4) is 0 Å². The number of hydrogen-bond acceptors (Lipinski definition) is 3. The molecule has 1 aliphatic carbocycles. The molecular weight excluding hydrogens is 236 g/mol. The predicted molar refractivity (Wildman–Crippen MR) is 74.9 cm³/mol. The lowest BCUT2D eigenvalue weighted by Gasteiger charge is -2.34. The lowest BCUT2D eigenvalue weighted by Crippen LogP contribution is -2.45. The summed E-state index contributed by atoms with van der Waals surface area (Å²) in [6.07, 6.45) is 3.64. The first-order valence-electron chi connectivity index (χ1n) is 7.54. The highest BCUT2D eigenvalue weighted by atomic mass is 16.3. The molecule has 2 unspecified atom stereocenters. The van der Waals surface area contributed by atoms with Crippen LogP contribution in [0.2, 0.25) is 0 Å². The van der Waals surface area contributed by atoms with Crippen LogP contribution in [0.1, 0.15) is 24.0 Å². The summed E-state index contributed by atoms with van der Waals surface area (Å²) in [6, 6.07) is 9.86. The molecule has 2 heterocycles. The molecule has 19 heavy (non-hydrogen) atoms. The number of benzene rings is 1. The molecule has 1 aromatic carbocycles. The van der Waals surface area contributed by atoms with E-state index in [1.54, 1.807) is 0 Å². The fourth-order valence-corrected chi connectivity index (χ4v) is 3.70. The molecule has 2 fully saturated rings. The Morgan fingerprint density at radius 1 is 1.00 bits per heavy atom. The van der Waals surface area contributed by atoms with Gasteiger partial charge in [0.2, 0.25) is 0 Å². The number of rotatable bonds is 2. The first-order valence-corrected chi connectivity index (χ1v) is 7.54. The standard InChI is InChI=1S/C16H22N2O/c19-16-11-18(14-5-6-14)10-15(16)17-8-7-12-3-1-2-4-13(12)9-17/h1-4,14-16,19H,5-11H2. The van der Waals surface area contributed by atoms with Gasteiger partial charge in [0.05, 0.1) is 6.10 Å². The van der Waals surface area contributed by atoms with Crippen LogP contribution in [0.4, 0.5) is 0 Å². The average Bonchev–Trinajstić information content (AvgIpc) is 3.22. The SMILES string of the molecule is OC1CN(C2CC2)CC1N1CCc2ccccc2C1. The number of aliphatic hydroxyl groups excluding tert-OH is 1. The minimum Gasteiger partial charge on any atom is -0.390 e. The Morgan fingerprint density at radius 3 is 2.58 bits per heavy atom. The van der Waals surface area contributed by atoms with Crippen LogP contribution >= 0.6 is 0 Å². The molecular formula is C16H22N2O. The predicted octanol–water partition coefficient (Wildman–Crippen LogP) is 1.25. The van der Waals surface area contributed by atoms with Gasteiger partial charge in [-0.15, -0.1) is 0 Å². The van der Waals surface area contributed by atoms with Gasteiger partial charge in [-0.2, -0.15) is 0 Å². The van der Waals surface area contributed by atoms with Crippen molar-refractivity contribution in [2.75, 3.05) is 19.6 Å². The summed E-state index contributed by atoms with van der Waals surface area (Å²) < 4.78 is 0. The molecule has 3 aliphatic rings. The van der Waals surface area contributed by atoms with Crippen LogP contribution in [-0.2, 0) is 13.0 Å². The zero-order chi connectivity index (χ0) is 12.8. The maximum atomic E-state index is 10.4. The number of aliphatic hydroxyl groups is 1. The lowest BCUT2D eigenvalue weighted by molar-refractivity contribution is 0.0746. The largest absolute Gasteiger partial charge is 0.390 e. The summed E-state index contributed by atoms with van der Waals surface area (Å²) in [7, 11) is 0. The fourth-order valence-electron chi connectivity index (χ4n) is 3.70. The highest BCUT2D eigenvalue weighted by Gasteiger charge is 2.41. The molecule has 0 amide bonds. The Kier molecular flexibility index (Phi) is 2.87. The van der Waals surface area contributed by atoms with E-state index in [0.717, 1.165) is 38.6 Å². The van der Waals surface area contributed by atoms with Crippen molar-refractivity contribution in [3.05, 3.63) is 35.4 Å². The summed E-state index contributed by atoms with van der Waals surface area (Å²) in [5, 5.41) is 10.4. The molecule has 1 aromatic rings. The van der Waals surface area contributed by atoms with Crippen LogP contribution < -0.4 is 0 Å². The smallest absolute Gasteiger partial charge is 0.0834 e. The van der Waals surface area contributed by atoms with E-state index in [1.165, 1.54) is 24.0 Å². The molecule has 0 bridgehead atoms. The maximum Gasteiger partial charge on any atom is 0.0834 e. The number of nitrogens with zero attached hydrogens (tertiary/aromatic N) is 2. The van der Waals surface area contributed by atoms with E-state index in [1.807, 2.05) is 0 Å². The van der Waals surface area contributed by atoms with Crippen LogP contribution in [-0.4, -0.2) is 52.7 Å². The first kappa shape index (κ1) is 11.9. The van der Waals surface area contributed by atoms with Gasteiger partial charge in [-0.05, 0) is 30.4 Å². The molecule has 2 aliphatic heterocycles. The zero-order valence-electron chi connectivity index (χ0n) is 11.3. The van der Waals surface area contributed by atoms with Crippen LogP contribution in [0.15, 0.2) is 24.3 Å². The average molecular weight is 258 g/mol. The second-order valence-corrected chi connectivity index (χ2v) is 6.31. The molecule has 2 atom stereocenters. The van der Waals surface area contributed by atoms with E-state index in [-0.39, 0.29) is 6.10 Å². The van der Waals surface area contributed by atoms with Gasteiger partial charge in [-0.3, -0.25) is 9.80 Å². The lowest BCUT2D eigenvalue weighted by atomic mass is 9.98. The van der Waals surface area contributed by atoms with Gasteiger partial charge in [0, 0.05) is 38.3 Å². The van der Waals surface area contributed by atoms with Crippen molar-refractivity contribution in [2.45, 2.75) is 44.0 Å². The molecule has 0 spiro atoms. The highest BCUT2D eigenvalue weighted by Crippen LogP contribution is 2.32. The van der Waals surface area contributed by atoms with E-state index in [9.17, 15) is 5.11 Å². The van der Waals surface area contributed by atoms with E-state index >= 15 is 0 Å². The topological polar surface area (TPSA) is 26.7 Å². The summed E-state index contributed by atoms with van der Waals surface area (Å²) >= 11 is 0. The van der Waals surface area contributed by atoms with Crippen molar-refractivity contribution in [3.63, 3.8) is 0 Å².